The predicted molar refractivity (Wildman–Crippen MR) is 107 cm³/mol. The Morgan fingerprint density at radius 2 is 2.11 bits per heavy atom. The van der Waals surface area contributed by atoms with Crippen LogP contribution in [0, 0.1) is 5.82 Å². The van der Waals surface area contributed by atoms with Crippen LogP contribution in [0.3, 0.4) is 0 Å². The number of nitrogens with zero attached hydrogens (tertiary/aromatic N) is 4. The number of carbonyl (C=O) groups excluding carboxylic acids is 1. The Bertz CT molecular complexity index is 1200. The van der Waals surface area contributed by atoms with Crippen molar-refractivity contribution in [2.75, 3.05) is 12.4 Å². The summed E-state index contributed by atoms with van der Waals surface area (Å²) >= 11 is 4.43. The van der Waals surface area contributed by atoms with E-state index in [0.717, 1.165) is 0 Å². The van der Waals surface area contributed by atoms with Crippen molar-refractivity contribution >= 4 is 48.8 Å². The number of methoxy groups -OCH3 is 1. The monoisotopic (exact) mass is 459 g/mol. The molecule has 0 atom stereocenters. The largest absolute Gasteiger partial charge is 0.496 e. The molecule has 0 spiro atoms. The fourth-order valence-corrected chi connectivity index (χ4v) is 3.84. The first-order valence-corrected chi connectivity index (χ1v) is 9.55. The Hall–Kier alpha value is -2.98. The van der Waals surface area contributed by atoms with Crippen molar-refractivity contribution in [1.29, 1.82) is 0 Å². The van der Waals surface area contributed by atoms with Gasteiger partial charge in [-0.2, -0.15) is 4.98 Å². The number of ether oxygens (including phenoxy) is 1. The van der Waals surface area contributed by atoms with E-state index in [1.165, 1.54) is 55.2 Å². The molecule has 1 amide bonds. The van der Waals surface area contributed by atoms with E-state index in [1.807, 2.05) is 0 Å². The summed E-state index contributed by atoms with van der Waals surface area (Å²) in [5, 5.41) is 3.05. The summed E-state index contributed by atoms with van der Waals surface area (Å²) in [7, 11) is 1.44. The normalized spacial score (nSPS) is 10.8. The van der Waals surface area contributed by atoms with Gasteiger partial charge in [0, 0.05) is 18.0 Å². The molecule has 28 heavy (non-hydrogen) atoms. The lowest BCUT2D eigenvalue weighted by molar-refractivity contribution is 0.102. The van der Waals surface area contributed by atoms with Crippen molar-refractivity contribution in [3.8, 4) is 16.9 Å². The molecule has 1 aromatic carbocycles. The minimum atomic E-state index is -0.514. The number of hydrogen-bond donors (Lipinski definition) is 1. The average molecular weight is 460 g/mol. The second-order valence-corrected chi connectivity index (χ2v) is 7.32. The molecule has 0 saturated heterocycles. The van der Waals surface area contributed by atoms with Crippen LogP contribution in [0.25, 0.3) is 21.6 Å². The van der Waals surface area contributed by atoms with Crippen molar-refractivity contribution in [2.24, 2.45) is 0 Å². The van der Waals surface area contributed by atoms with E-state index in [0.29, 0.717) is 31.5 Å². The third-order valence-electron chi connectivity index (χ3n) is 3.84. The van der Waals surface area contributed by atoms with Crippen LogP contribution in [0.4, 0.5) is 9.52 Å². The molecule has 0 aliphatic carbocycles. The van der Waals surface area contributed by atoms with Gasteiger partial charge in [0.2, 0.25) is 0 Å². The van der Waals surface area contributed by atoms with Crippen LogP contribution in [-0.2, 0) is 0 Å². The number of aromatic nitrogens is 4. The minimum absolute atomic E-state index is 0.166. The zero-order valence-corrected chi connectivity index (χ0v) is 16.7. The molecule has 4 rings (SSSR count). The second-order valence-electron chi connectivity index (χ2n) is 5.53. The van der Waals surface area contributed by atoms with Gasteiger partial charge in [-0.25, -0.2) is 14.4 Å². The maximum atomic E-state index is 14.5. The van der Waals surface area contributed by atoms with Gasteiger partial charge in [-0.05, 0) is 34.1 Å². The van der Waals surface area contributed by atoms with Crippen LogP contribution in [0.1, 0.15) is 10.4 Å². The highest BCUT2D eigenvalue weighted by Crippen LogP contribution is 2.34. The van der Waals surface area contributed by atoms with Gasteiger partial charge >= 0.3 is 0 Å². The van der Waals surface area contributed by atoms with Gasteiger partial charge in [0.05, 0.1) is 24.4 Å². The molecule has 140 valence electrons. The summed E-state index contributed by atoms with van der Waals surface area (Å²) in [4.78, 5) is 30.1. The van der Waals surface area contributed by atoms with E-state index in [1.54, 1.807) is 6.07 Å². The van der Waals surface area contributed by atoms with Crippen molar-refractivity contribution in [1.82, 2.24) is 19.9 Å². The predicted octanol–water partition coefficient (Wildman–Crippen LogP) is 4.31. The molecule has 0 unspecified atom stereocenters. The molecule has 0 saturated carbocycles. The van der Waals surface area contributed by atoms with Crippen LogP contribution < -0.4 is 10.1 Å². The van der Waals surface area contributed by atoms with E-state index < -0.39 is 11.7 Å². The molecule has 0 aliphatic heterocycles. The highest BCUT2D eigenvalue weighted by molar-refractivity contribution is 9.10. The SMILES string of the molecule is COc1cccc(F)c1-c1cnccc1C(=O)Nc1nc2ncc(Br)nc2s1. The summed E-state index contributed by atoms with van der Waals surface area (Å²) in [6.07, 6.45) is 4.41. The standard InChI is InChI=1S/C18H11BrFN5O2S/c1-27-12-4-2-3-11(20)14(12)10-7-21-6-5-9(10)16(26)25-18-24-15-17(28-18)23-13(19)8-22-15/h2-8H,1H3,(H,22,24,25,26). The first-order valence-electron chi connectivity index (χ1n) is 7.94. The number of rotatable bonds is 4. The number of benzene rings is 1. The minimum Gasteiger partial charge on any atom is -0.496 e. The molecule has 7 nitrogen and oxygen atoms in total. The van der Waals surface area contributed by atoms with Crippen LogP contribution in [0.15, 0.2) is 47.5 Å². The van der Waals surface area contributed by atoms with Gasteiger partial charge in [-0.3, -0.25) is 15.1 Å². The van der Waals surface area contributed by atoms with E-state index in [4.69, 9.17) is 4.74 Å². The highest BCUT2D eigenvalue weighted by atomic mass is 79.9. The Labute approximate surface area is 170 Å². The first-order chi connectivity index (χ1) is 13.6. The molecular formula is C18H11BrFN5O2S. The van der Waals surface area contributed by atoms with Crippen LogP contribution in [0.2, 0.25) is 0 Å². The number of pyridine rings is 1. The summed E-state index contributed by atoms with van der Waals surface area (Å²) in [6.45, 7) is 0. The lowest BCUT2D eigenvalue weighted by atomic mass is 10.00. The van der Waals surface area contributed by atoms with E-state index in [-0.39, 0.29) is 11.1 Å². The number of nitrogens with one attached hydrogen (secondary N) is 1. The van der Waals surface area contributed by atoms with Crippen LogP contribution in [-0.4, -0.2) is 33.0 Å². The Morgan fingerprint density at radius 1 is 1.25 bits per heavy atom. The molecule has 0 radical (unpaired) electrons. The fourth-order valence-electron chi connectivity index (χ4n) is 2.65. The first kappa shape index (κ1) is 18.4. The van der Waals surface area contributed by atoms with Crippen molar-refractivity contribution in [3.05, 3.63) is 58.8 Å². The van der Waals surface area contributed by atoms with Crippen LogP contribution >= 0.6 is 27.3 Å². The molecule has 3 heterocycles. The molecule has 1 N–H and O–H groups in total. The Balaban J connectivity index is 1.73. The lowest BCUT2D eigenvalue weighted by Crippen LogP contribution is -2.13. The smallest absolute Gasteiger partial charge is 0.258 e. The zero-order valence-electron chi connectivity index (χ0n) is 14.3. The molecule has 0 aliphatic rings. The number of halogens is 2. The Morgan fingerprint density at radius 3 is 2.93 bits per heavy atom. The van der Waals surface area contributed by atoms with Crippen LogP contribution in [0.5, 0.6) is 5.75 Å². The molecule has 4 aromatic rings. The van der Waals surface area contributed by atoms with Crippen molar-refractivity contribution in [3.63, 3.8) is 0 Å². The summed E-state index contributed by atoms with van der Waals surface area (Å²) in [5.74, 6) is -0.666. The van der Waals surface area contributed by atoms with E-state index in [2.05, 4.69) is 41.2 Å². The number of amides is 1. The lowest BCUT2D eigenvalue weighted by Gasteiger charge is -2.13. The molecule has 3 aromatic heterocycles. The van der Waals surface area contributed by atoms with Gasteiger partial charge in [-0.1, -0.05) is 17.4 Å². The summed E-state index contributed by atoms with van der Waals surface area (Å²) < 4.78 is 20.3. The number of hydrogen-bond acceptors (Lipinski definition) is 7. The fraction of sp³-hybridized carbons (Fsp3) is 0.0556. The zero-order chi connectivity index (χ0) is 19.7. The maximum Gasteiger partial charge on any atom is 0.258 e. The van der Waals surface area contributed by atoms with Gasteiger partial charge < -0.3 is 4.74 Å². The van der Waals surface area contributed by atoms with Crippen molar-refractivity contribution < 1.29 is 13.9 Å². The molecule has 10 heteroatoms. The number of anilines is 1. The Kier molecular flexibility index (Phi) is 4.97. The highest BCUT2D eigenvalue weighted by Gasteiger charge is 2.20. The summed E-state index contributed by atoms with van der Waals surface area (Å²) in [5.41, 5.74) is 1.14. The molecule has 0 bridgehead atoms. The molecular weight excluding hydrogens is 449 g/mol. The topological polar surface area (TPSA) is 89.9 Å². The van der Waals surface area contributed by atoms with E-state index >= 15 is 0 Å². The number of thiazole rings is 1. The quantitative estimate of drug-likeness (QED) is 0.488. The third kappa shape index (κ3) is 3.43. The van der Waals surface area contributed by atoms with Gasteiger partial charge in [0.1, 0.15) is 16.2 Å². The number of fused-ring (bicyclic) bond motifs is 1. The maximum absolute atomic E-state index is 14.5. The summed E-state index contributed by atoms with van der Waals surface area (Å²) in [6, 6.07) is 5.97. The van der Waals surface area contributed by atoms with Gasteiger partial charge in [-0.15, -0.1) is 0 Å². The van der Waals surface area contributed by atoms with E-state index in [9.17, 15) is 9.18 Å². The average Bonchev–Trinajstić information content (AvgIpc) is 3.09. The second kappa shape index (κ2) is 7.56. The third-order valence-corrected chi connectivity index (χ3v) is 5.08. The van der Waals surface area contributed by atoms with Crippen molar-refractivity contribution in [2.45, 2.75) is 0 Å². The van der Waals surface area contributed by atoms with Gasteiger partial charge in [0.25, 0.3) is 5.91 Å². The van der Waals surface area contributed by atoms with Gasteiger partial charge in [0.15, 0.2) is 15.6 Å². The number of carbonyl (C=O) groups is 1. The molecule has 0 fully saturated rings.